The van der Waals surface area contributed by atoms with Gasteiger partial charge in [-0.2, -0.15) is 0 Å². The Balaban J connectivity index is 2.51. The van der Waals surface area contributed by atoms with Crippen LogP contribution in [0.3, 0.4) is 0 Å². The Bertz CT molecular complexity index is 359. The second-order valence-electron chi connectivity index (χ2n) is 4.32. The van der Waals surface area contributed by atoms with Crippen LogP contribution >= 0.6 is 0 Å². The number of hydrogen-bond donors (Lipinski definition) is 3. The minimum Gasteiger partial charge on any atom is -0.480 e. The second kappa shape index (κ2) is 7.05. The van der Waals surface area contributed by atoms with E-state index in [4.69, 9.17) is 15.6 Å². The zero-order valence-electron chi connectivity index (χ0n) is 10.6. The number of nitrogens with one attached hydrogen (secondary N) is 1. The van der Waals surface area contributed by atoms with Gasteiger partial charge in [0.2, 0.25) is 5.91 Å². The normalized spacial score (nSPS) is 23.7. The van der Waals surface area contributed by atoms with Gasteiger partial charge in [0.1, 0.15) is 6.04 Å². The molecule has 1 aliphatic rings. The van der Waals surface area contributed by atoms with Gasteiger partial charge in [-0.15, -0.1) is 0 Å². The lowest BCUT2D eigenvalue weighted by Crippen LogP contribution is -2.48. The highest BCUT2D eigenvalue weighted by Crippen LogP contribution is 2.12. The average molecular weight is 274 g/mol. The lowest BCUT2D eigenvalue weighted by atomic mass is 10.0. The van der Waals surface area contributed by atoms with Gasteiger partial charge in [-0.25, -0.2) is 4.79 Å². The van der Waals surface area contributed by atoms with Gasteiger partial charge in [-0.3, -0.25) is 9.59 Å². The Hall–Kier alpha value is -1.67. The third kappa shape index (κ3) is 4.49. The minimum absolute atomic E-state index is 0.0312. The molecule has 0 aromatic heterocycles. The van der Waals surface area contributed by atoms with E-state index in [2.05, 4.69) is 10.1 Å². The molecule has 1 aliphatic heterocycles. The van der Waals surface area contributed by atoms with Gasteiger partial charge in [0.25, 0.3) is 0 Å². The van der Waals surface area contributed by atoms with Gasteiger partial charge in [0.15, 0.2) is 0 Å². The van der Waals surface area contributed by atoms with Crippen LogP contribution in [0.1, 0.15) is 12.8 Å². The zero-order valence-corrected chi connectivity index (χ0v) is 10.6. The first-order valence-corrected chi connectivity index (χ1v) is 5.89. The molecule has 0 spiro atoms. The molecule has 3 atom stereocenters. The predicted octanol–water partition coefficient (Wildman–Crippen LogP) is -1.52. The molecule has 108 valence electrons. The van der Waals surface area contributed by atoms with E-state index in [1.807, 2.05) is 0 Å². The molecule has 19 heavy (non-hydrogen) atoms. The van der Waals surface area contributed by atoms with Crippen LogP contribution in [0.25, 0.3) is 0 Å². The number of carboxylic acids is 1. The number of ether oxygens (including phenoxy) is 2. The number of methoxy groups -OCH3 is 1. The Labute approximate surface area is 110 Å². The summed E-state index contributed by atoms with van der Waals surface area (Å²) in [5, 5.41) is 11.3. The maximum absolute atomic E-state index is 11.8. The van der Waals surface area contributed by atoms with Crippen molar-refractivity contribution in [2.45, 2.75) is 24.9 Å². The van der Waals surface area contributed by atoms with Crippen molar-refractivity contribution in [3.63, 3.8) is 0 Å². The third-order valence-electron chi connectivity index (χ3n) is 2.94. The molecule has 4 N–H and O–H groups in total. The molecular weight excluding hydrogens is 256 g/mol. The maximum Gasteiger partial charge on any atom is 0.326 e. The Morgan fingerprint density at radius 3 is 2.63 bits per heavy atom. The molecule has 0 bridgehead atoms. The summed E-state index contributed by atoms with van der Waals surface area (Å²) in [6, 6.07) is -1.57. The summed E-state index contributed by atoms with van der Waals surface area (Å²) in [5.41, 5.74) is 5.67. The van der Waals surface area contributed by atoms with Crippen molar-refractivity contribution < 1.29 is 29.0 Å². The number of carbonyl (C=O) groups is 3. The standard InChI is InChI=1S/C11H18N2O6/c1-18-9(14)3-2-8(11(16)17)13-10(15)6-4-19-5-7(6)12/h6-8H,2-5,12H2,1H3,(H,13,15)(H,16,17)/t6?,7?,8-/m1/s1. The largest absolute Gasteiger partial charge is 0.480 e. The fraction of sp³-hybridized carbons (Fsp3) is 0.727. The zero-order chi connectivity index (χ0) is 14.4. The molecule has 0 radical (unpaired) electrons. The molecule has 1 heterocycles. The van der Waals surface area contributed by atoms with Crippen molar-refractivity contribution in [2.75, 3.05) is 20.3 Å². The van der Waals surface area contributed by atoms with E-state index in [0.717, 1.165) is 0 Å². The van der Waals surface area contributed by atoms with Crippen LogP contribution < -0.4 is 11.1 Å². The van der Waals surface area contributed by atoms with Crippen molar-refractivity contribution in [3.8, 4) is 0 Å². The van der Waals surface area contributed by atoms with Crippen LogP contribution in [-0.4, -0.2) is 55.4 Å². The number of esters is 1. The fourth-order valence-electron chi connectivity index (χ4n) is 1.74. The van der Waals surface area contributed by atoms with Gasteiger partial charge in [-0.05, 0) is 6.42 Å². The fourth-order valence-corrected chi connectivity index (χ4v) is 1.74. The number of rotatable bonds is 6. The molecule has 1 rings (SSSR count). The Morgan fingerprint density at radius 1 is 1.47 bits per heavy atom. The Morgan fingerprint density at radius 2 is 2.16 bits per heavy atom. The highest BCUT2D eigenvalue weighted by molar-refractivity contribution is 5.86. The van der Waals surface area contributed by atoms with E-state index in [1.54, 1.807) is 0 Å². The summed E-state index contributed by atoms with van der Waals surface area (Å²) in [6.45, 7) is 0.453. The first-order valence-electron chi connectivity index (χ1n) is 5.89. The SMILES string of the molecule is COC(=O)CC[C@@H](NC(=O)C1COCC1N)C(=O)O. The summed E-state index contributed by atoms with van der Waals surface area (Å²) in [5.74, 6) is -2.76. The highest BCUT2D eigenvalue weighted by atomic mass is 16.5. The lowest BCUT2D eigenvalue weighted by molar-refractivity contribution is -0.144. The van der Waals surface area contributed by atoms with Gasteiger partial charge in [0.05, 0.1) is 26.2 Å². The second-order valence-corrected chi connectivity index (χ2v) is 4.32. The predicted molar refractivity (Wildman–Crippen MR) is 63.1 cm³/mol. The van der Waals surface area contributed by atoms with E-state index in [0.29, 0.717) is 0 Å². The van der Waals surface area contributed by atoms with Crippen molar-refractivity contribution in [1.82, 2.24) is 5.32 Å². The van der Waals surface area contributed by atoms with E-state index in [-0.39, 0.29) is 26.1 Å². The number of carbonyl (C=O) groups excluding carboxylic acids is 2. The Kier molecular flexibility index (Phi) is 5.71. The summed E-state index contributed by atoms with van der Waals surface area (Å²) in [7, 11) is 1.21. The maximum atomic E-state index is 11.8. The topological polar surface area (TPSA) is 128 Å². The van der Waals surface area contributed by atoms with Crippen LogP contribution in [0.5, 0.6) is 0 Å². The molecule has 8 nitrogen and oxygen atoms in total. The molecule has 0 saturated carbocycles. The number of aliphatic carboxylic acids is 1. The molecule has 0 aliphatic carbocycles. The minimum atomic E-state index is -1.20. The number of hydrogen-bond acceptors (Lipinski definition) is 6. The van der Waals surface area contributed by atoms with Crippen molar-refractivity contribution in [3.05, 3.63) is 0 Å². The van der Waals surface area contributed by atoms with Gasteiger partial charge < -0.3 is 25.6 Å². The van der Waals surface area contributed by atoms with E-state index < -0.39 is 35.8 Å². The number of carboxylic acid groups (broad SMARTS) is 1. The first kappa shape index (κ1) is 15.4. The van der Waals surface area contributed by atoms with Crippen LogP contribution in [0, 0.1) is 5.92 Å². The summed E-state index contributed by atoms with van der Waals surface area (Å²) < 4.78 is 9.46. The summed E-state index contributed by atoms with van der Waals surface area (Å²) >= 11 is 0. The molecule has 1 amide bonds. The molecular formula is C11H18N2O6. The van der Waals surface area contributed by atoms with Crippen LogP contribution in [0.4, 0.5) is 0 Å². The number of amides is 1. The molecule has 1 saturated heterocycles. The lowest BCUT2D eigenvalue weighted by Gasteiger charge is -2.18. The van der Waals surface area contributed by atoms with Gasteiger partial charge in [0, 0.05) is 12.5 Å². The first-order chi connectivity index (χ1) is 8.95. The molecule has 0 aromatic rings. The summed E-state index contributed by atoms with van der Waals surface area (Å²) in [6.07, 6.45) is -0.114. The number of nitrogens with two attached hydrogens (primary N) is 1. The molecule has 1 fully saturated rings. The quantitative estimate of drug-likeness (QED) is 0.502. The van der Waals surface area contributed by atoms with Crippen molar-refractivity contribution >= 4 is 17.8 Å². The van der Waals surface area contributed by atoms with Crippen LogP contribution in [0.2, 0.25) is 0 Å². The third-order valence-corrected chi connectivity index (χ3v) is 2.94. The van der Waals surface area contributed by atoms with Gasteiger partial charge in [-0.1, -0.05) is 0 Å². The smallest absolute Gasteiger partial charge is 0.326 e. The van der Waals surface area contributed by atoms with Crippen molar-refractivity contribution in [1.29, 1.82) is 0 Å². The van der Waals surface area contributed by atoms with E-state index in [1.165, 1.54) is 7.11 Å². The summed E-state index contributed by atoms with van der Waals surface area (Å²) in [4.78, 5) is 33.8. The van der Waals surface area contributed by atoms with Crippen LogP contribution in [-0.2, 0) is 23.9 Å². The van der Waals surface area contributed by atoms with E-state index >= 15 is 0 Å². The average Bonchev–Trinajstić information content (AvgIpc) is 2.79. The molecule has 2 unspecified atom stereocenters. The van der Waals surface area contributed by atoms with Crippen LogP contribution in [0.15, 0.2) is 0 Å². The highest BCUT2D eigenvalue weighted by Gasteiger charge is 2.33. The molecule has 8 heteroatoms. The van der Waals surface area contributed by atoms with Gasteiger partial charge >= 0.3 is 11.9 Å². The molecule has 0 aromatic carbocycles. The van der Waals surface area contributed by atoms with Crippen molar-refractivity contribution in [2.24, 2.45) is 11.7 Å². The monoisotopic (exact) mass is 274 g/mol. The van der Waals surface area contributed by atoms with E-state index in [9.17, 15) is 14.4 Å².